The second-order valence-corrected chi connectivity index (χ2v) is 30.1. The van der Waals surface area contributed by atoms with Crippen LogP contribution in [0, 0.1) is 0 Å². The molecule has 0 N–H and O–H groups in total. The molecule has 0 heterocycles. The molecule has 0 aliphatic carbocycles. The molecule has 0 atom stereocenters. The summed E-state index contributed by atoms with van der Waals surface area (Å²) in [5, 5.41) is 4.15. The third kappa shape index (κ3) is 8.74. The molecule has 0 saturated carbocycles. The van der Waals surface area contributed by atoms with Crippen molar-refractivity contribution in [3.63, 3.8) is 0 Å². The second kappa shape index (κ2) is 18.8. The van der Waals surface area contributed by atoms with E-state index in [1.54, 1.807) is 0 Å². The summed E-state index contributed by atoms with van der Waals surface area (Å²) in [6, 6.07) is 96.1. The molecule has 9 rings (SSSR count). The molecule has 0 aliphatic heterocycles. The van der Waals surface area contributed by atoms with E-state index in [9.17, 15) is 0 Å². The van der Waals surface area contributed by atoms with Gasteiger partial charge in [0.05, 0.1) is 0 Å². The zero-order valence-corrected chi connectivity index (χ0v) is 38.6. The standard InChI is InChI=1S/C54H42As3P/c1-7-19-43(20-8-1)55(44-21-9-2-10-22-44)49-31-37-52(38-32-49)58(53-39-33-50(34-40-53)56(45-23-11-3-12-24-45)46-25-13-4-14-26-46)54-41-35-51(36-42-54)57(47-27-15-5-16-28-47)48-29-17-6-18-30-48/h1-42H. The van der Waals surface area contributed by atoms with E-state index in [1.165, 1.54) is 55.1 Å². The number of hydrogen-bond acceptors (Lipinski definition) is 0. The Morgan fingerprint density at radius 2 is 0.328 bits per heavy atom. The van der Waals surface area contributed by atoms with Crippen molar-refractivity contribution in [1.29, 1.82) is 0 Å². The summed E-state index contributed by atoms with van der Waals surface area (Å²) >= 11 is -5.22. The Morgan fingerprint density at radius 3 is 0.500 bits per heavy atom. The Bertz CT molecular complexity index is 2210. The molecule has 0 unspecified atom stereocenters. The van der Waals surface area contributed by atoms with E-state index in [0.29, 0.717) is 0 Å². The molecule has 0 saturated heterocycles. The molecular formula is C54H42As3P. The van der Waals surface area contributed by atoms with Crippen LogP contribution in [0.25, 0.3) is 0 Å². The van der Waals surface area contributed by atoms with Crippen LogP contribution >= 0.6 is 7.92 Å². The zero-order chi connectivity index (χ0) is 38.9. The van der Waals surface area contributed by atoms with Crippen LogP contribution < -0.4 is 55.1 Å². The molecule has 278 valence electrons. The normalized spacial score (nSPS) is 11.4. The molecular weight excluding hydrogens is 904 g/mol. The fraction of sp³-hybridized carbons (Fsp3) is 0. The molecule has 0 fully saturated rings. The molecule has 9 aromatic carbocycles. The monoisotopic (exact) mass is 946 g/mol. The van der Waals surface area contributed by atoms with Crippen LogP contribution in [-0.2, 0) is 0 Å². The van der Waals surface area contributed by atoms with E-state index in [1.807, 2.05) is 0 Å². The summed E-state index contributed by atoms with van der Waals surface area (Å²) in [7, 11) is -0.818. The molecule has 0 amide bonds. The van der Waals surface area contributed by atoms with Crippen LogP contribution in [0.2, 0.25) is 0 Å². The summed E-state index contributed by atoms with van der Waals surface area (Å²) in [5.41, 5.74) is 0. The van der Waals surface area contributed by atoms with Crippen molar-refractivity contribution < 1.29 is 0 Å². The number of benzene rings is 9. The van der Waals surface area contributed by atoms with Gasteiger partial charge in [-0.1, -0.05) is 0 Å². The van der Waals surface area contributed by atoms with Gasteiger partial charge in [0.2, 0.25) is 0 Å². The van der Waals surface area contributed by atoms with Gasteiger partial charge in [0.25, 0.3) is 0 Å². The predicted molar refractivity (Wildman–Crippen MR) is 258 cm³/mol. The maximum absolute atomic E-state index is 2.44. The number of rotatable bonds is 12. The summed E-state index contributed by atoms with van der Waals surface area (Å²) in [6.45, 7) is 0. The van der Waals surface area contributed by atoms with E-state index >= 15 is 0 Å². The number of hydrogen-bond donors (Lipinski definition) is 0. The quantitative estimate of drug-likeness (QED) is 0.120. The SMILES string of the molecule is c1ccc([As](c2ccccc2)c2ccc(P(c3ccc([As](c4ccccc4)c4ccccc4)cc3)c3ccc([As](c4ccccc4)c4ccccc4)cc3)cc2)cc1. The Morgan fingerprint density at radius 1 is 0.172 bits per heavy atom. The molecule has 4 heteroatoms. The van der Waals surface area contributed by atoms with E-state index in [0.717, 1.165) is 0 Å². The third-order valence-electron chi connectivity index (χ3n) is 10.2. The van der Waals surface area contributed by atoms with Crippen molar-refractivity contribution in [3.8, 4) is 0 Å². The van der Waals surface area contributed by atoms with Gasteiger partial charge in [0.1, 0.15) is 0 Å². The first kappa shape index (κ1) is 38.6. The summed E-state index contributed by atoms with van der Waals surface area (Å²) in [4.78, 5) is 0. The van der Waals surface area contributed by atoms with Crippen molar-refractivity contribution in [3.05, 3.63) is 255 Å². The fourth-order valence-electron chi connectivity index (χ4n) is 7.50. The van der Waals surface area contributed by atoms with Crippen molar-refractivity contribution in [1.82, 2.24) is 0 Å². The molecule has 9 aromatic rings. The average Bonchev–Trinajstić information content (AvgIpc) is 3.30. The van der Waals surface area contributed by atoms with Crippen LogP contribution in [-0.4, -0.2) is 44.0 Å². The van der Waals surface area contributed by atoms with Gasteiger partial charge >= 0.3 is 362 Å². The van der Waals surface area contributed by atoms with Crippen molar-refractivity contribution in [2.45, 2.75) is 0 Å². The molecule has 0 aromatic heterocycles. The van der Waals surface area contributed by atoms with Gasteiger partial charge < -0.3 is 0 Å². The van der Waals surface area contributed by atoms with E-state index in [4.69, 9.17) is 0 Å². The Balaban J connectivity index is 1.13. The molecule has 0 bridgehead atoms. The van der Waals surface area contributed by atoms with Gasteiger partial charge in [0.15, 0.2) is 0 Å². The third-order valence-corrected chi connectivity index (χ3v) is 28.0. The van der Waals surface area contributed by atoms with Gasteiger partial charge in [-0.25, -0.2) is 0 Å². The van der Waals surface area contributed by atoms with Crippen molar-refractivity contribution in [2.24, 2.45) is 0 Å². The first-order valence-corrected chi connectivity index (χ1v) is 29.4. The molecule has 58 heavy (non-hydrogen) atoms. The fourth-order valence-corrected chi connectivity index (χ4v) is 24.1. The first-order valence-electron chi connectivity index (χ1n) is 19.6. The van der Waals surface area contributed by atoms with Crippen LogP contribution in [0.15, 0.2) is 255 Å². The Hall–Kier alpha value is -4.91. The van der Waals surface area contributed by atoms with Crippen LogP contribution in [0.1, 0.15) is 0 Å². The molecule has 0 spiro atoms. The second-order valence-electron chi connectivity index (χ2n) is 13.9. The molecule has 0 aliphatic rings. The first-order chi connectivity index (χ1) is 28.8. The molecule has 0 nitrogen and oxygen atoms in total. The van der Waals surface area contributed by atoms with Crippen LogP contribution in [0.3, 0.4) is 0 Å². The summed E-state index contributed by atoms with van der Waals surface area (Å²) < 4.78 is 13.1. The minimum absolute atomic E-state index is 0.818. The van der Waals surface area contributed by atoms with Gasteiger partial charge in [-0.15, -0.1) is 0 Å². The van der Waals surface area contributed by atoms with Gasteiger partial charge in [-0.3, -0.25) is 0 Å². The van der Waals surface area contributed by atoms with E-state index < -0.39 is 51.9 Å². The van der Waals surface area contributed by atoms with E-state index in [2.05, 4.69) is 255 Å². The summed E-state index contributed by atoms with van der Waals surface area (Å²) in [5.74, 6) is 0. The van der Waals surface area contributed by atoms with Crippen molar-refractivity contribution in [2.75, 3.05) is 0 Å². The molecule has 0 radical (unpaired) electrons. The maximum atomic E-state index is 2.44. The van der Waals surface area contributed by atoms with Crippen molar-refractivity contribution >= 4 is 107 Å². The van der Waals surface area contributed by atoms with Gasteiger partial charge in [0, 0.05) is 0 Å². The Kier molecular flexibility index (Phi) is 12.5. The Labute approximate surface area is 358 Å². The zero-order valence-electron chi connectivity index (χ0n) is 32.0. The topological polar surface area (TPSA) is 0 Å². The van der Waals surface area contributed by atoms with Crippen LogP contribution in [0.5, 0.6) is 0 Å². The predicted octanol–water partition coefficient (Wildman–Crippen LogP) is 4.99. The van der Waals surface area contributed by atoms with E-state index in [-0.39, 0.29) is 0 Å². The van der Waals surface area contributed by atoms with Crippen LogP contribution in [0.4, 0.5) is 0 Å². The van der Waals surface area contributed by atoms with Gasteiger partial charge in [-0.2, -0.15) is 0 Å². The summed E-state index contributed by atoms with van der Waals surface area (Å²) in [6.07, 6.45) is 0. The minimum atomic E-state index is -1.74. The van der Waals surface area contributed by atoms with Gasteiger partial charge in [-0.05, 0) is 0 Å². The average molecular weight is 947 g/mol.